The summed E-state index contributed by atoms with van der Waals surface area (Å²) in [4.78, 5) is 4.64. The molecule has 15 heavy (non-hydrogen) atoms. The Morgan fingerprint density at radius 2 is 1.93 bits per heavy atom. The molecule has 0 amide bonds. The van der Waals surface area contributed by atoms with Gasteiger partial charge in [0.1, 0.15) is 0 Å². The number of aryl methyl sites for hydroxylation is 1. The van der Waals surface area contributed by atoms with Crippen LogP contribution in [-0.2, 0) is 11.3 Å². The Labute approximate surface area is 92.4 Å². The Hall–Kier alpha value is -0.860. The molecule has 0 heterocycles. The van der Waals surface area contributed by atoms with Crippen LogP contribution in [0.3, 0.4) is 0 Å². The van der Waals surface area contributed by atoms with Gasteiger partial charge in [-0.25, -0.2) is 5.90 Å². The quantitative estimate of drug-likeness (QED) is 0.770. The van der Waals surface area contributed by atoms with Gasteiger partial charge >= 0.3 is 0 Å². The normalized spacial score (nSPS) is 11.1. The Morgan fingerprint density at radius 3 is 2.47 bits per heavy atom. The van der Waals surface area contributed by atoms with Crippen molar-refractivity contribution >= 4 is 0 Å². The van der Waals surface area contributed by atoms with Crippen molar-refractivity contribution in [1.29, 1.82) is 0 Å². The second-order valence-electron chi connectivity index (χ2n) is 4.40. The van der Waals surface area contributed by atoms with Crippen LogP contribution in [0.5, 0.6) is 0 Å². The van der Waals surface area contributed by atoms with E-state index in [0.29, 0.717) is 12.5 Å². The molecule has 1 aromatic rings. The molecule has 0 aromatic heterocycles. The Bertz CT molecular complexity index is 332. The molecule has 0 aliphatic heterocycles. The lowest BCUT2D eigenvalue weighted by Crippen LogP contribution is -2.06. The van der Waals surface area contributed by atoms with Crippen LogP contribution in [-0.4, -0.2) is 6.61 Å². The lowest BCUT2D eigenvalue weighted by molar-refractivity contribution is 0.141. The highest BCUT2D eigenvalue weighted by Gasteiger charge is 2.06. The summed E-state index contributed by atoms with van der Waals surface area (Å²) in [5.41, 5.74) is 5.46. The van der Waals surface area contributed by atoms with E-state index in [0.717, 1.165) is 6.42 Å². The standard InChI is InChI=1S/C13H21NO/c1-9(2)13-7-10(3)11(4)12(8-13)5-6-15-14/h7-9H,5-6,14H2,1-4H3. The molecule has 0 unspecified atom stereocenters. The van der Waals surface area contributed by atoms with E-state index in [1.165, 1.54) is 22.3 Å². The van der Waals surface area contributed by atoms with Gasteiger partial charge in [0, 0.05) is 0 Å². The second kappa shape index (κ2) is 5.29. The fraction of sp³-hybridized carbons (Fsp3) is 0.538. The van der Waals surface area contributed by atoms with E-state index in [4.69, 9.17) is 5.90 Å². The number of benzene rings is 1. The molecule has 0 aliphatic rings. The zero-order chi connectivity index (χ0) is 11.4. The third-order valence-corrected chi connectivity index (χ3v) is 2.95. The highest BCUT2D eigenvalue weighted by Crippen LogP contribution is 2.22. The van der Waals surface area contributed by atoms with E-state index in [1.54, 1.807) is 0 Å². The molecule has 1 rings (SSSR count). The van der Waals surface area contributed by atoms with Crippen LogP contribution in [0.1, 0.15) is 42.0 Å². The van der Waals surface area contributed by atoms with E-state index in [1.807, 2.05) is 0 Å². The lowest BCUT2D eigenvalue weighted by atomic mass is 9.93. The molecule has 0 fully saturated rings. The Kier molecular flexibility index (Phi) is 4.30. The zero-order valence-electron chi connectivity index (χ0n) is 10.1. The predicted molar refractivity (Wildman–Crippen MR) is 63.8 cm³/mol. The van der Waals surface area contributed by atoms with Gasteiger partial charge < -0.3 is 4.84 Å². The van der Waals surface area contributed by atoms with Crippen LogP contribution >= 0.6 is 0 Å². The first-order valence-corrected chi connectivity index (χ1v) is 5.48. The summed E-state index contributed by atoms with van der Waals surface area (Å²) < 4.78 is 0. The van der Waals surface area contributed by atoms with Gasteiger partial charge in [0.15, 0.2) is 0 Å². The van der Waals surface area contributed by atoms with E-state index in [-0.39, 0.29) is 0 Å². The maximum absolute atomic E-state index is 5.06. The van der Waals surface area contributed by atoms with Crippen molar-refractivity contribution in [3.05, 3.63) is 34.4 Å². The first kappa shape index (κ1) is 12.2. The zero-order valence-corrected chi connectivity index (χ0v) is 10.1. The minimum absolute atomic E-state index is 0.571. The van der Waals surface area contributed by atoms with Gasteiger partial charge in [-0.05, 0) is 48.4 Å². The number of hydrogen-bond acceptors (Lipinski definition) is 2. The Morgan fingerprint density at radius 1 is 1.27 bits per heavy atom. The van der Waals surface area contributed by atoms with E-state index in [9.17, 15) is 0 Å². The highest BCUT2D eigenvalue weighted by molar-refractivity contribution is 5.39. The summed E-state index contributed by atoms with van der Waals surface area (Å²) in [5.74, 6) is 5.63. The summed E-state index contributed by atoms with van der Waals surface area (Å²) in [7, 11) is 0. The average molecular weight is 207 g/mol. The molecule has 0 bridgehead atoms. The van der Waals surface area contributed by atoms with Crippen molar-refractivity contribution in [2.24, 2.45) is 5.90 Å². The van der Waals surface area contributed by atoms with Crippen LogP contribution < -0.4 is 5.90 Å². The van der Waals surface area contributed by atoms with Crippen LogP contribution in [0.15, 0.2) is 12.1 Å². The van der Waals surface area contributed by atoms with E-state index in [2.05, 4.69) is 44.7 Å². The minimum Gasteiger partial charge on any atom is -0.304 e. The lowest BCUT2D eigenvalue weighted by Gasteiger charge is -2.14. The maximum atomic E-state index is 5.06. The maximum Gasteiger partial charge on any atom is 0.0719 e. The first-order chi connectivity index (χ1) is 7.06. The summed E-state index contributed by atoms with van der Waals surface area (Å²) in [6.45, 7) is 9.34. The molecule has 0 aliphatic carbocycles. The van der Waals surface area contributed by atoms with Crippen LogP contribution in [0.25, 0.3) is 0 Å². The van der Waals surface area contributed by atoms with Crippen molar-refractivity contribution in [3.8, 4) is 0 Å². The van der Waals surface area contributed by atoms with Gasteiger partial charge in [0.2, 0.25) is 0 Å². The fourth-order valence-electron chi connectivity index (χ4n) is 1.72. The highest BCUT2D eigenvalue weighted by atomic mass is 16.6. The van der Waals surface area contributed by atoms with Gasteiger partial charge in [0.25, 0.3) is 0 Å². The summed E-state index contributed by atoms with van der Waals surface area (Å²) in [5, 5.41) is 0. The smallest absolute Gasteiger partial charge is 0.0719 e. The molecule has 0 spiro atoms. The topological polar surface area (TPSA) is 35.2 Å². The van der Waals surface area contributed by atoms with Crippen LogP contribution in [0.2, 0.25) is 0 Å². The molecule has 2 nitrogen and oxygen atoms in total. The molecule has 84 valence electrons. The second-order valence-corrected chi connectivity index (χ2v) is 4.40. The SMILES string of the molecule is Cc1cc(C(C)C)cc(CCON)c1C. The molecule has 0 saturated carbocycles. The Balaban J connectivity index is 3.02. The fourth-order valence-corrected chi connectivity index (χ4v) is 1.72. The molecule has 0 atom stereocenters. The van der Waals surface area contributed by atoms with Crippen molar-refractivity contribution < 1.29 is 4.84 Å². The van der Waals surface area contributed by atoms with E-state index < -0.39 is 0 Å². The van der Waals surface area contributed by atoms with Crippen molar-refractivity contribution in [2.45, 2.75) is 40.0 Å². The predicted octanol–water partition coefficient (Wildman–Crippen LogP) is 2.86. The third-order valence-electron chi connectivity index (χ3n) is 2.95. The molecular weight excluding hydrogens is 186 g/mol. The largest absolute Gasteiger partial charge is 0.304 e. The molecule has 2 heteroatoms. The summed E-state index contributed by atoms with van der Waals surface area (Å²) in [6, 6.07) is 4.54. The van der Waals surface area contributed by atoms with E-state index >= 15 is 0 Å². The summed E-state index contributed by atoms with van der Waals surface area (Å²) in [6.07, 6.45) is 0.893. The van der Waals surface area contributed by atoms with Gasteiger partial charge in [-0.15, -0.1) is 0 Å². The van der Waals surface area contributed by atoms with Gasteiger partial charge in [-0.2, -0.15) is 0 Å². The first-order valence-electron chi connectivity index (χ1n) is 5.48. The average Bonchev–Trinajstić information content (AvgIpc) is 2.19. The number of nitrogens with two attached hydrogens (primary N) is 1. The molecule has 2 N–H and O–H groups in total. The summed E-state index contributed by atoms with van der Waals surface area (Å²) >= 11 is 0. The molecular formula is C13H21NO. The van der Waals surface area contributed by atoms with Crippen LogP contribution in [0, 0.1) is 13.8 Å². The minimum atomic E-state index is 0.571. The van der Waals surface area contributed by atoms with Gasteiger partial charge in [-0.1, -0.05) is 26.0 Å². The van der Waals surface area contributed by atoms with Crippen molar-refractivity contribution in [2.75, 3.05) is 6.61 Å². The van der Waals surface area contributed by atoms with Crippen molar-refractivity contribution in [1.82, 2.24) is 0 Å². The van der Waals surface area contributed by atoms with Crippen LogP contribution in [0.4, 0.5) is 0 Å². The van der Waals surface area contributed by atoms with Gasteiger partial charge in [0.05, 0.1) is 6.61 Å². The number of hydrogen-bond donors (Lipinski definition) is 1. The molecule has 0 saturated heterocycles. The number of rotatable bonds is 4. The third kappa shape index (κ3) is 3.05. The monoisotopic (exact) mass is 207 g/mol. The molecule has 0 radical (unpaired) electrons. The molecule has 1 aromatic carbocycles. The van der Waals surface area contributed by atoms with Gasteiger partial charge in [-0.3, -0.25) is 0 Å². The van der Waals surface area contributed by atoms with Crippen molar-refractivity contribution in [3.63, 3.8) is 0 Å².